The lowest BCUT2D eigenvalue weighted by Crippen LogP contribution is -2.40. The van der Waals surface area contributed by atoms with Crippen molar-refractivity contribution in [1.29, 1.82) is 0 Å². The second-order valence-corrected chi connectivity index (χ2v) is 8.48. The van der Waals surface area contributed by atoms with E-state index in [0.29, 0.717) is 13.0 Å². The van der Waals surface area contributed by atoms with Gasteiger partial charge in [0.1, 0.15) is 12.1 Å². The zero-order valence-electron chi connectivity index (χ0n) is 18.0. The number of carbonyl (C=O) groups is 2. The van der Waals surface area contributed by atoms with E-state index in [1.807, 2.05) is 41.3 Å². The zero-order chi connectivity index (χ0) is 21.9. The molecule has 0 aliphatic carbocycles. The number of nitrogens with zero attached hydrogens (tertiary/aromatic N) is 6. The molecule has 2 aromatic heterocycles. The first kappa shape index (κ1) is 20.4. The van der Waals surface area contributed by atoms with Crippen LogP contribution in [0.3, 0.4) is 0 Å². The van der Waals surface area contributed by atoms with E-state index in [4.69, 9.17) is 0 Å². The van der Waals surface area contributed by atoms with Gasteiger partial charge in [-0.25, -0.2) is 0 Å². The number of hydrogen-bond donors (Lipinski definition) is 1. The van der Waals surface area contributed by atoms with Gasteiger partial charge in [0.05, 0.1) is 0 Å². The summed E-state index contributed by atoms with van der Waals surface area (Å²) in [4.78, 5) is 29.0. The highest BCUT2D eigenvalue weighted by atomic mass is 16.2. The second kappa shape index (κ2) is 8.94. The summed E-state index contributed by atoms with van der Waals surface area (Å²) in [5.41, 5.74) is 2.65. The Morgan fingerprint density at radius 3 is 2.81 bits per heavy atom. The lowest BCUT2D eigenvalue weighted by Gasteiger charge is -2.32. The molecule has 0 spiro atoms. The highest BCUT2D eigenvalue weighted by molar-refractivity contribution is 5.94. The van der Waals surface area contributed by atoms with E-state index in [2.05, 4.69) is 25.5 Å². The fraction of sp³-hybridized carbons (Fsp3) is 0.435. The SMILES string of the molecule is O=C(NCc1cccc(N2CCCCC2=O)c1)C1CCN(c2ccc3nncn3n2)CC1. The average Bonchev–Trinajstić information content (AvgIpc) is 3.31. The third-order valence-electron chi connectivity index (χ3n) is 6.35. The van der Waals surface area contributed by atoms with Crippen molar-refractivity contribution in [2.24, 2.45) is 5.92 Å². The maximum atomic E-state index is 12.8. The Hall–Kier alpha value is -3.49. The van der Waals surface area contributed by atoms with Crippen LogP contribution in [0.5, 0.6) is 0 Å². The minimum absolute atomic E-state index is 0.00301. The van der Waals surface area contributed by atoms with Gasteiger partial charge in [0.25, 0.3) is 0 Å². The molecule has 2 aliphatic heterocycles. The molecule has 3 aromatic rings. The van der Waals surface area contributed by atoms with Gasteiger partial charge >= 0.3 is 0 Å². The summed E-state index contributed by atoms with van der Waals surface area (Å²) in [5.74, 6) is 1.14. The number of fused-ring (bicyclic) bond motifs is 1. The standard InChI is InChI=1S/C23H27N7O2/c31-22-6-1-2-11-29(22)19-5-3-4-17(14-19)15-24-23(32)18-9-12-28(13-10-18)21-8-7-20-26-25-16-30(20)27-21/h3-5,7-8,14,16,18H,1-2,6,9-13,15H2,(H,24,32). The number of aromatic nitrogens is 4. The van der Waals surface area contributed by atoms with E-state index >= 15 is 0 Å². The topological polar surface area (TPSA) is 95.7 Å². The quantitative estimate of drug-likeness (QED) is 0.663. The fourth-order valence-electron chi connectivity index (χ4n) is 4.50. The molecule has 9 heteroatoms. The molecule has 2 fully saturated rings. The molecule has 32 heavy (non-hydrogen) atoms. The molecule has 0 radical (unpaired) electrons. The van der Waals surface area contributed by atoms with Crippen LogP contribution < -0.4 is 15.1 Å². The maximum absolute atomic E-state index is 12.8. The van der Waals surface area contributed by atoms with Crippen LogP contribution in [0.1, 0.15) is 37.7 Å². The molecule has 0 saturated carbocycles. The number of benzene rings is 1. The largest absolute Gasteiger partial charge is 0.355 e. The van der Waals surface area contributed by atoms with Gasteiger partial charge in [-0.1, -0.05) is 12.1 Å². The van der Waals surface area contributed by atoms with E-state index < -0.39 is 0 Å². The minimum Gasteiger partial charge on any atom is -0.355 e. The van der Waals surface area contributed by atoms with E-state index in [0.717, 1.165) is 68.0 Å². The number of amides is 2. The van der Waals surface area contributed by atoms with Crippen LogP contribution in [0.25, 0.3) is 5.65 Å². The molecule has 1 N–H and O–H groups in total. The van der Waals surface area contributed by atoms with E-state index in [-0.39, 0.29) is 17.7 Å². The van der Waals surface area contributed by atoms with Gasteiger partial charge in [-0.3, -0.25) is 9.59 Å². The number of anilines is 2. The van der Waals surface area contributed by atoms with Crippen LogP contribution in [-0.4, -0.2) is 51.3 Å². The maximum Gasteiger partial charge on any atom is 0.226 e. The summed E-state index contributed by atoms with van der Waals surface area (Å²) in [6.07, 6.45) is 5.78. The fourth-order valence-corrected chi connectivity index (χ4v) is 4.50. The average molecular weight is 434 g/mol. The molecule has 166 valence electrons. The number of rotatable bonds is 5. The van der Waals surface area contributed by atoms with Gasteiger partial charge in [-0.2, -0.15) is 4.52 Å². The highest BCUT2D eigenvalue weighted by Gasteiger charge is 2.26. The smallest absolute Gasteiger partial charge is 0.226 e. The van der Waals surface area contributed by atoms with E-state index in [1.54, 1.807) is 10.8 Å². The van der Waals surface area contributed by atoms with Gasteiger partial charge in [0, 0.05) is 44.2 Å². The first-order valence-electron chi connectivity index (χ1n) is 11.3. The normalized spacial score (nSPS) is 17.7. The van der Waals surface area contributed by atoms with Crippen molar-refractivity contribution >= 4 is 29.0 Å². The molecule has 2 saturated heterocycles. The summed E-state index contributed by atoms with van der Waals surface area (Å²) in [5, 5.41) is 15.5. The molecule has 5 rings (SSSR count). The Morgan fingerprint density at radius 1 is 1.09 bits per heavy atom. The summed E-state index contributed by atoms with van der Waals surface area (Å²) in [6, 6.07) is 11.8. The number of hydrogen-bond acceptors (Lipinski definition) is 6. The Morgan fingerprint density at radius 2 is 1.97 bits per heavy atom. The van der Waals surface area contributed by atoms with Crippen LogP contribution in [0.4, 0.5) is 11.5 Å². The number of piperidine rings is 2. The summed E-state index contributed by atoms with van der Waals surface area (Å²) in [7, 11) is 0. The first-order valence-corrected chi connectivity index (χ1v) is 11.3. The third kappa shape index (κ3) is 4.28. The first-order chi connectivity index (χ1) is 15.7. The van der Waals surface area contributed by atoms with Gasteiger partial charge in [-0.15, -0.1) is 15.3 Å². The Labute approximate surface area is 186 Å². The van der Waals surface area contributed by atoms with Crippen molar-refractivity contribution in [3.05, 3.63) is 48.3 Å². The van der Waals surface area contributed by atoms with Crippen LogP contribution in [0, 0.1) is 5.92 Å². The Balaban J connectivity index is 1.14. The highest BCUT2D eigenvalue weighted by Crippen LogP contribution is 2.24. The zero-order valence-corrected chi connectivity index (χ0v) is 18.0. The molecule has 0 bridgehead atoms. The molecular formula is C23H27N7O2. The molecule has 9 nitrogen and oxygen atoms in total. The molecule has 0 atom stereocenters. The predicted octanol–water partition coefficient (Wildman–Crippen LogP) is 2.17. The number of carbonyl (C=O) groups excluding carboxylic acids is 2. The molecule has 4 heterocycles. The van der Waals surface area contributed by atoms with Crippen LogP contribution in [0.15, 0.2) is 42.7 Å². The van der Waals surface area contributed by atoms with Crippen molar-refractivity contribution in [2.75, 3.05) is 29.4 Å². The van der Waals surface area contributed by atoms with Crippen molar-refractivity contribution < 1.29 is 9.59 Å². The third-order valence-corrected chi connectivity index (χ3v) is 6.35. The van der Waals surface area contributed by atoms with Gasteiger partial charge < -0.3 is 15.1 Å². The molecule has 1 aromatic carbocycles. The molecule has 2 aliphatic rings. The van der Waals surface area contributed by atoms with E-state index in [1.165, 1.54) is 0 Å². The van der Waals surface area contributed by atoms with Crippen molar-refractivity contribution in [3.63, 3.8) is 0 Å². The van der Waals surface area contributed by atoms with Crippen LogP contribution in [-0.2, 0) is 16.1 Å². The minimum atomic E-state index is -0.00301. The predicted molar refractivity (Wildman–Crippen MR) is 120 cm³/mol. The lowest BCUT2D eigenvalue weighted by atomic mass is 9.96. The monoisotopic (exact) mass is 433 g/mol. The summed E-state index contributed by atoms with van der Waals surface area (Å²) < 4.78 is 1.67. The van der Waals surface area contributed by atoms with E-state index in [9.17, 15) is 9.59 Å². The number of nitrogens with one attached hydrogen (secondary N) is 1. The molecule has 0 unspecified atom stereocenters. The van der Waals surface area contributed by atoms with Crippen LogP contribution in [0.2, 0.25) is 0 Å². The summed E-state index contributed by atoms with van der Waals surface area (Å²) >= 11 is 0. The van der Waals surface area contributed by atoms with Crippen molar-refractivity contribution in [3.8, 4) is 0 Å². The lowest BCUT2D eigenvalue weighted by molar-refractivity contribution is -0.125. The van der Waals surface area contributed by atoms with Crippen LogP contribution >= 0.6 is 0 Å². The van der Waals surface area contributed by atoms with Crippen molar-refractivity contribution in [2.45, 2.75) is 38.6 Å². The molecule has 2 amide bonds. The van der Waals surface area contributed by atoms with Gasteiger partial charge in [0.15, 0.2) is 5.65 Å². The van der Waals surface area contributed by atoms with Crippen molar-refractivity contribution in [1.82, 2.24) is 25.1 Å². The Kier molecular flexibility index (Phi) is 5.70. The van der Waals surface area contributed by atoms with Gasteiger partial charge in [0.2, 0.25) is 11.8 Å². The molecular weight excluding hydrogens is 406 g/mol. The Bertz CT molecular complexity index is 1120. The van der Waals surface area contributed by atoms with Gasteiger partial charge in [-0.05, 0) is 55.5 Å². The summed E-state index contributed by atoms with van der Waals surface area (Å²) in [6.45, 7) is 2.81. The second-order valence-electron chi connectivity index (χ2n) is 8.48.